The fourth-order valence-electron chi connectivity index (χ4n) is 2.33. The van der Waals surface area contributed by atoms with E-state index in [2.05, 4.69) is 47.0 Å². The van der Waals surface area contributed by atoms with E-state index in [1.165, 1.54) is 0 Å². The van der Waals surface area contributed by atoms with Gasteiger partial charge in [-0.05, 0) is 37.1 Å². The molecule has 0 spiro atoms. The Hall–Kier alpha value is -2.81. The van der Waals surface area contributed by atoms with Crippen LogP contribution in [0.4, 0.5) is 11.4 Å². The van der Waals surface area contributed by atoms with Gasteiger partial charge in [-0.1, -0.05) is 42.5 Å². The predicted molar refractivity (Wildman–Crippen MR) is 98.8 cm³/mol. The highest BCUT2D eigenvalue weighted by molar-refractivity contribution is 6.33. The molecule has 0 amide bonds. The molecule has 0 saturated carbocycles. The van der Waals surface area contributed by atoms with E-state index >= 15 is 0 Å². The molecule has 114 valence electrons. The van der Waals surface area contributed by atoms with Crippen LogP contribution in [0, 0.1) is 13.8 Å². The molecule has 0 N–H and O–H groups in total. The molecule has 3 heteroatoms. The van der Waals surface area contributed by atoms with Gasteiger partial charge in [-0.25, -0.2) is 0 Å². The summed E-state index contributed by atoms with van der Waals surface area (Å²) in [6, 6.07) is 16.1. The van der Waals surface area contributed by atoms with Gasteiger partial charge in [0.2, 0.25) is 0 Å². The highest BCUT2D eigenvalue weighted by Crippen LogP contribution is 2.19. The molecule has 2 aromatic carbocycles. The Morgan fingerprint density at radius 2 is 1.39 bits per heavy atom. The largest absolute Gasteiger partial charge is 0.255 e. The van der Waals surface area contributed by atoms with Crippen molar-refractivity contribution in [3.05, 3.63) is 71.4 Å². The Bertz CT molecular complexity index is 826. The Morgan fingerprint density at radius 1 is 0.826 bits per heavy atom. The second-order valence-electron chi connectivity index (χ2n) is 5.53. The van der Waals surface area contributed by atoms with Crippen LogP contribution in [0.25, 0.3) is 0 Å². The summed E-state index contributed by atoms with van der Waals surface area (Å²) in [4.78, 5) is 13.6. The van der Waals surface area contributed by atoms with Gasteiger partial charge in [0.1, 0.15) is 0 Å². The molecule has 1 aliphatic heterocycles. The van der Waals surface area contributed by atoms with Crippen LogP contribution < -0.4 is 0 Å². The minimum absolute atomic E-state index is 0.796. The summed E-state index contributed by atoms with van der Waals surface area (Å²) < 4.78 is 0. The van der Waals surface area contributed by atoms with Crippen LogP contribution in [0.3, 0.4) is 0 Å². The maximum atomic E-state index is 4.56. The molecule has 0 aromatic heterocycles. The zero-order chi connectivity index (χ0) is 16.1. The molecule has 23 heavy (non-hydrogen) atoms. The van der Waals surface area contributed by atoms with Gasteiger partial charge in [-0.2, -0.15) is 0 Å². The lowest BCUT2D eigenvalue weighted by molar-refractivity contribution is 1.39. The van der Waals surface area contributed by atoms with Crippen molar-refractivity contribution in [2.75, 3.05) is 0 Å². The van der Waals surface area contributed by atoms with E-state index < -0.39 is 0 Å². The third-order valence-corrected chi connectivity index (χ3v) is 3.71. The average Bonchev–Trinajstić information content (AvgIpc) is 3.01. The third-order valence-electron chi connectivity index (χ3n) is 3.71. The van der Waals surface area contributed by atoms with Gasteiger partial charge in [0.25, 0.3) is 0 Å². The molecule has 0 atom stereocenters. The predicted octanol–water partition coefficient (Wildman–Crippen LogP) is 5.14. The molecule has 3 nitrogen and oxygen atoms in total. The topological polar surface area (TPSA) is 37.1 Å². The van der Waals surface area contributed by atoms with Gasteiger partial charge in [0.15, 0.2) is 0 Å². The average molecular weight is 301 g/mol. The fourth-order valence-corrected chi connectivity index (χ4v) is 2.33. The normalized spacial score (nSPS) is 14.5. The van der Waals surface area contributed by atoms with Gasteiger partial charge in [-0.3, -0.25) is 15.0 Å². The monoisotopic (exact) mass is 301 g/mol. The first-order chi connectivity index (χ1) is 11.2. The smallest absolute Gasteiger partial charge is 0.0780 e. The molecule has 3 rings (SSSR count). The Kier molecular flexibility index (Phi) is 4.57. The molecule has 0 unspecified atom stereocenters. The second-order valence-corrected chi connectivity index (χ2v) is 5.53. The number of para-hydroxylation sites is 2. The minimum atomic E-state index is 0.796. The number of benzene rings is 2. The molecule has 1 heterocycles. The number of hydrogen-bond acceptors (Lipinski definition) is 3. The van der Waals surface area contributed by atoms with Crippen LogP contribution in [0.2, 0.25) is 0 Å². The quantitative estimate of drug-likeness (QED) is 0.701. The Balaban J connectivity index is 1.69. The van der Waals surface area contributed by atoms with Gasteiger partial charge in [-0.15, -0.1) is 0 Å². The maximum absolute atomic E-state index is 4.56. The lowest BCUT2D eigenvalue weighted by Gasteiger charge is -1.98. The molecule has 0 radical (unpaired) electrons. The van der Waals surface area contributed by atoms with E-state index in [1.807, 2.05) is 48.8 Å². The third kappa shape index (κ3) is 3.89. The van der Waals surface area contributed by atoms with Crippen LogP contribution in [0.5, 0.6) is 0 Å². The number of allylic oxidation sites excluding steroid dienone is 2. The molecule has 0 bridgehead atoms. The van der Waals surface area contributed by atoms with Crippen molar-refractivity contribution in [2.24, 2.45) is 15.0 Å². The fraction of sp³-hybridized carbons (Fsp3) is 0.150. The number of rotatable bonds is 4. The molecule has 0 fully saturated rings. The first kappa shape index (κ1) is 15.1. The van der Waals surface area contributed by atoms with Crippen LogP contribution in [0.15, 0.2) is 75.3 Å². The Morgan fingerprint density at radius 3 is 2.00 bits per heavy atom. The molecular formula is C20H19N3. The van der Waals surface area contributed by atoms with Crippen LogP contribution in [-0.2, 0) is 0 Å². The van der Waals surface area contributed by atoms with Crippen LogP contribution >= 0.6 is 0 Å². The first-order valence-electron chi connectivity index (χ1n) is 7.69. The van der Waals surface area contributed by atoms with Crippen LogP contribution in [-0.4, -0.2) is 18.1 Å². The summed E-state index contributed by atoms with van der Waals surface area (Å²) in [5, 5.41) is 0. The zero-order valence-electron chi connectivity index (χ0n) is 13.4. The summed E-state index contributed by atoms with van der Waals surface area (Å²) in [6.45, 7) is 4.11. The summed E-state index contributed by atoms with van der Waals surface area (Å²) in [5.74, 6) is 0. The number of nitrogens with zero attached hydrogens (tertiary/aromatic N) is 3. The van der Waals surface area contributed by atoms with Gasteiger partial charge in [0.05, 0.1) is 29.0 Å². The van der Waals surface area contributed by atoms with E-state index in [0.29, 0.717) is 0 Å². The molecule has 0 saturated heterocycles. The van der Waals surface area contributed by atoms with Gasteiger partial charge >= 0.3 is 0 Å². The van der Waals surface area contributed by atoms with E-state index in [9.17, 15) is 0 Å². The number of aliphatic imine (C=N–C) groups is 3. The summed E-state index contributed by atoms with van der Waals surface area (Å²) in [7, 11) is 0. The molecule has 1 aliphatic rings. The van der Waals surface area contributed by atoms with Gasteiger partial charge in [0, 0.05) is 12.6 Å². The van der Waals surface area contributed by atoms with E-state index in [4.69, 9.17) is 0 Å². The SMILES string of the molecule is Cc1ccccc1N=CC1=CCC(C=Nc2ccccc2C)=N1. The van der Waals surface area contributed by atoms with E-state index in [0.717, 1.165) is 40.3 Å². The maximum Gasteiger partial charge on any atom is 0.0780 e. The van der Waals surface area contributed by atoms with Crippen molar-refractivity contribution >= 4 is 29.5 Å². The molecule has 0 aliphatic carbocycles. The molecular weight excluding hydrogens is 282 g/mol. The zero-order valence-corrected chi connectivity index (χ0v) is 13.4. The second kappa shape index (κ2) is 6.97. The minimum Gasteiger partial charge on any atom is -0.255 e. The first-order valence-corrected chi connectivity index (χ1v) is 7.69. The van der Waals surface area contributed by atoms with E-state index in [1.54, 1.807) is 0 Å². The van der Waals surface area contributed by atoms with Crippen molar-refractivity contribution in [3.63, 3.8) is 0 Å². The highest BCUT2D eigenvalue weighted by Gasteiger charge is 2.05. The van der Waals surface area contributed by atoms with Crippen molar-refractivity contribution in [3.8, 4) is 0 Å². The number of aryl methyl sites for hydroxylation is 2. The van der Waals surface area contributed by atoms with Crippen molar-refractivity contribution in [1.29, 1.82) is 0 Å². The summed E-state index contributed by atoms with van der Waals surface area (Å²) in [6.07, 6.45) is 6.52. The van der Waals surface area contributed by atoms with Crippen molar-refractivity contribution < 1.29 is 0 Å². The number of hydrogen-bond donors (Lipinski definition) is 0. The van der Waals surface area contributed by atoms with Crippen LogP contribution in [0.1, 0.15) is 17.5 Å². The lowest BCUT2D eigenvalue weighted by Crippen LogP contribution is -1.93. The summed E-state index contributed by atoms with van der Waals surface area (Å²) in [5.41, 5.74) is 6.13. The van der Waals surface area contributed by atoms with Gasteiger partial charge < -0.3 is 0 Å². The standard InChI is InChI=1S/C20H19N3/c1-15-7-3-5-9-19(15)21-13-17-11-12-18(23-17)14-22-20-10-6-4-8-16(20)2/h3-11,13-14H,12H2,1-2H3. The van der Waals surface area contributed by atoms with Crippen molar-refractivity contribution in [1.82, 2.24) is 0 Å². The van der Waals surface area contributed by atoms with E-state index in [-0.39, 0.29) is 0 Å². The Labute approximate surface area is 136 Å². The lowest BCUT2D eigenvalue weighted by atomic mass is 10.2. The molecule has 2 aromatic rings. The summed E-state index contributed by atoms with van der Waals surface area (Å²) >= 11 is 0. The van der Waals surface area contributed by atoms with Crippen molar-refractivity contribution in [2.45, 2.75) is 20.3 Å². The highest BCUT2D eigenvalue weighted by atomic mass is 14.8.